The van der Waals surface area contributed by atoms with Crippen molar-refractivity contribution < 1.29 is 14.3 Å². The minimum Gasteiger partial charge on any atom is -0.462 e. The van der Waals surface area contributed by atoms with Crippen LogP contribution in [0.4, 0.5) is 5.69 Å². The molecule has 4 heteroatoms. The summed E-state index contributed by atoms with van der Waals surface area (Å²) < 4.78 is 4.92. The van der Waals surface area contributed by atoms with Gasteiger partial charge in [0.2, 0.25) is 5.91 Å². The maximum atomic E-state index is 12.0. The Morgan fingerprint density at radius 2 is 1.68 bits per heavy atom. The first-order valence-electron chi connectivity index (χ1n) is 8.35. The number of nitrogens with one attached hydrogen (secondary N) is 1. The van der Waals surface area contributed by atoms with Crippen LogP contribution in [-0.4, -0.2) is 18.5 Å². The highest BCUT2D eigenvalue weighted by atomic mass is 16.5. The van der Waals surface area contributed by atoms with E-state index < -0.39 is 0 Å². The molecular weight excluding hydrogens is 314 g/mol. The van der Waals surface area contributed by atoms with Crippen LogP contribution in [0, 0.1) is 0 Å². The molecule has 0 saturated heterocycles. The smallest absolute Gasteiger partial charge is 0.338 e. The van der Waals surface area contributed by atoms with Gasteiger partial charge in [0.25, 0.3) is 0 Å². The second kappa shape index (κ2) is 8.83. The van der Waals surface area contributed by atoms with Crippen molar-refractivity contribution in [3.63, 3.8) is 0 Å². The maximum absolute atomic E-state index is 12.0. The van der Waals surface area contributed by atoms with E-state index >= 15 is 0 Å². The number of hydrogen-bond acceptors (Lipinski definition) is 3. The van der Waals surface area contributed by atoms with E-state index in [2.05, 4.69) is 31.3 Å². The van der Waals surface area contributed by atoms with Crippen LogP contribution in [0.3, 0.4) is 0 Å². The molecule has 1 N–H and O–H groups in total. The van der Waals surface area contributed by atoms with Crippen molar-refractivity contribution in [1.82, 2.24) is 0 Å². The monoisotopic (exact) mass is 337 g/mol. The average molecular weight is 337 g/mol. The molecule has 130 valence electrons. The van der Waals surface area contributed by atoms with Gasteiger partial charge in [0.1, 0.15) is 0 Å². The number of hydrogen-bond donors (Lipinski definition) is 1. The van der Waals surface area contributed by atoms with Gasteiger partial charge in [0.15, 0.2) is 0 Å². The Bertz CT molecular complexity index is 744. The Kier molecular flexibility index (Phi) is 6.52. The van der Waals surface area contributed by atoms with Gasteiger partial charge in [0, 0.05) is 11.8 Å². The molecule has 0 fully saturated rings. The molecule has 4 nitrogen and oxygen atoms in total. The van der Waals surface area contributed by atoms with Crippen LogP contribution in [0.5, 0.6) is 0 Å². The van der Waals surface area contributed by atoms with Crippen LogP contribution >= 0.6 is 0 Å². The van der Waals surface area contributed by atoms with Gasteiger partial charge in [-0.1, -0.05) is 38.1 Å². The fourth-order valence-corrected chi connectivity index (χ4v) is 2.25. The average Bonchev–Trinajstić information content (AvgIpc) is 2.61. The summed E-state index contributed by atoms with van der Waals surface area (Å²) in [5, 5.41) is 2.76. The number of amides is 1. The highest BCUT2D eigenvalue weighted by Gasteiger charge is 2.06. The number of rotatable bonds is 6. The predicted molar refractivity (Wildman–Crippen MR) is 101 cm³/mol. The summed E-state index contributed by atoms with van der Waals surface area (Å²) in [5.74, 6) is -0.110. The SMILES string of the molecule is CCOC(=O)c1ccc(NC(=O)/C=C/c2ccc(C(C)C)cc2)cc1. The zero-order valence-corrected chi connectivity index (χ0v) is 14.8. The fraction of sp³-hybridized carbons (Fsp3) is 0.238. The van der Waals surface area contributed by atoms with Crippen molar-refractivity contribution in [2.75, 3.05) is 11.9 Å². The number of esters is 1. The van der Waals surface area contributed by atoms with Crippen LogP contribution < -0.4 is 5.32 Å². The van der Waals surface area contributed by atoms with Crippen molar-refractivity contribution >= 4 is 23.6 Å². The van der Waals surface area contributed by atoms with E-state index in [9.17, 15) is 9.59 Å². The highest BCUT2D eigenvalue weighted by Crippen LogP contribution is 2.15. The van der Waals surface area contributed by atoms with Crippen LogP contribution in [0.2, 0.25) is 0 Å². The van der Waals surface area contributed by atoms with E-state index in [0.717, 1.165) is 5.56 Å². The van der Waals surface area contributed by atoms with Gasteiger partial charge in [-0.05, 0) is 54.3 Å². The Morgan fingerprint density at radius 1 is 1.04 bits per heavy atom. The van der Waals surface area contributed by atoms with E-state index in [0.29, 0.717) is 23.8 Å². The summed E-state index contributed by atoms with van der Waals surface area (Å²) in [6.07, 6.45) is 3.26. The van der Waals surface area contributed by atoms with E-state index in [4.69, 9.17) is 4.74 Å². The van der Waals surface area contributed by atoms with E-state index in [1.807, 2.05) is 12.1 Å². The topological polar surface area (TPSA) is 55.4 Å². The summed E-state index contributed by atoms with van der Waals surface area (Å²) in [7, 11) is 0. The van der Waals surface area contributed by atoms with Gasteiger partial charge >= 0.3 is 5.97 Å². The zero-order valence-electron chi connectivity index (χ0n) is 14.8. The lowest BCUT2D eigenvalue weighted by Crippen LogP contribution is -2.08. The summed E-state index contributed by atoms with van der Waals surface area (Å²) in [4.78, 5) is 23.6. The number of carbonyl (C=O) groups excluding carboxylic acids is 2. The molecule has 0 aliphatic carbocycles. The first-order chi connectivity index (χ1) is 12.0. The molecule has 2 aromatic rings. The van der Waals surface area contributed by atoms with Gasteiger partial charge in [0.05, 0.1) is 12.2 Å². The van der Waals surface area contributed by atoms with Crippen LogP contribution in [0.25, 0.3) is 6.08 Å². The van der Waals surface area contributed by atoms with Crippen LogP contribution in [0.1, 0.15) is 48.2 Å². The molecule has 0 aliphatic heterocycles. The van der Waals surface area contributed by atoms with E-state index in [-0.39, 0.29) is 11.9 Å². The molecule has 25 heavy (non-hydrogen) atoms. The minimum absolute atomic E-state index is 0.225. The maximum Gasteiger partial charge on any atom is 0.338 e. The molecule has 0 bridgehead atoms. The first-order valence-corrected chi connectivity index (χ1v) is 8.35. The zero-order chi connectivity index (χ0) is 18.2. The number of anilines is 1. The van der Waals surface area contributed by atoms with E-state index in [1.54, 1.807) is 37.3 Å². The summed E-state index contributed by atoms with van der Waals surface area (Å²) in [6.45, 7) is 6.38. The van der Waals surface area contributed by atoms with Gasteiger partial charge in [-0.2, -0.15) is 0 Å². The Hall–Kier alpha value is -2.88. The van der Waals surface area contributed by atoms with Crippen molar-refractivity contribution in [2.45, 2.75) is 26.7 Å². The van der Waals surface area contributed by atoms with Crippen molar-refractivity contribution in [2.24, 2.45) is 0 Å². The lowest BCUT2D eigenvalue weighted by atomic mass is 10.0. The minimum atomic E-state index is -0.370. The van der Waals surface area contributed by atoms with Gasteiger partial charge in [-0.15, -0.1) is 0 Å². The van der Waals surface area contributed by atoms with Crippen molar-refractivity contribution in [3.05, 3.63) is 71.3 Å². The highest BCUT2D eigenvalue weighted by molar-refractivity contribution is 6.02. The van der Waals surface area contributed by atoms with Crippen molar-refractivity contribution in [3.8, 4) is 0 Å². The molecule has 0 unspecified atom stereocenters. The third-order valence-electron chi connectivity index (χ3n) is 3.69. The van der Waals surface area contributed by atoms with Crippen LogP contribution in [0.15, 0.2) is 54.6 Å². The van der Waals surface area contributed by atoms with E-state index in [1.165, 1.54) is 11.6 Å². The summed E-state index contributed by atoms with van der Waals surface area (Å²) in [5.41, 5.74) is 3.32. The number of benzene rings is 2. The molecule has 2 rings (SSSR count). The second-order valence-electron chi connectivity index (χ2n) is 5.94. The van der Waals surface area contributed by atoms with Gasteiger partial charge in [-0.3, -0.25) is 4.79 Å². The fourth-order valence-electron chi connectivity index (χ4n) is 2.25. The largest absolute Gasteiger partial charge is 0.462 e. The molecule has 0 radical (unpaired) electrons. The number of carbonyl (C=O) groups is 2. The molecular formula is C21H23NO3. The Labute approximate surface area is 148 Å². The summed E-state index contributed by atoms with van der Waals surface area (Å²) in [6, 6.07) is 14.7. The quantitative estimate of drug-likeness (QED) is 0.617. The third kappa shape index (κ3) is 5.60. The lowest BCUT2D eigenvalue weighted by molar-refractivity contribution is -0.111. The molecule has 0 atom stereocenters. The van der Waals surface area contributed by atoms with Crippen LogP contribution in [-0.2, 0) is 9.53 Å². The molecule has 1 amide bonds. The standard InChI is InChI=1S/C21H23NO3/c1-4-25-21(24)18-10-12-19(13-11-18)22-20(23)14-7-16-5-8-17(9-6-16)15(2)3/h5-15H,4H2,1-3H3,(H,22,23)/b14-7+. The lowest BCUT2D eigenvalue weighted by Gasteiger charge is -2.05. The summed E-state index contributed by atoms with van der Waals surface area (Å²) >= 11 is 0. The molecule has 0 saturated carbocycles. The number of ether oxygens (including phenoxy) is 1. The third-order valence-corrected chi connectivity index (χ3v) is 3.69. The van der Waals surface area contributed by atoms with Crippen molar-refractivity contribution in [1.29, 1.82) is 0 Å². The first kappa shape index (κ1) is 18.5. The van der Waals surface area contributed by atoms with Gasteiger partial charge < -0.3 is 10.1 Å². The Morgan fingerprint density at radius 3 is 2.24 bits per heavy atom. The molecule has 0 heterocycles. The molecule has 0 aromatic heterocycles. The second-order valence-corrected chi connectivity index (χ2v) is 5.94. The normalized spacial score (nSPS) is 10.9. The molecule has 2 aromatic carbocycles. The Balaban J connectivity index is 1.94. The molecule has 0 aliphatic rings. The molecule has 0 spiro atoms. The van der Waals surface area contributed by atoms with Gasteiger partial charge in [-0.25, -0.2) is 4.79 Å². The predicted octanol–water partition coefficient (Wildman–Crippen LogP) is 4.64.